The molecule has 1 aromatic heterocycles. The monoisotopic (exact) mass is 378 g/mol. The number of amides is 1. The van der Waals surface area contributed by atoms with Crippen molar-refractivity contribution in [1.29, 1.82) is 0 Å². The molecule has 1 heterocycles. The number of hydrogen-bond acceptors (Lipinski definition) is 7. The van der Waals surface area contributed by atoms with Gasteiger partial charge in [-0.2, -0.15) is 0 Å². The molecule has 0 aliphatic heterocycles. The predicted octanol–water partition coefficient (Wildman–Crippen LogP) is 2.49. The topological polar surface area (TPSA) is 99.0 Å². The van der Waals surface area contributed by atoms with Crippen LogP contribution in [0.4, 0.5) is 5.00 Å². The molecule has 1 amide bonds. The molecule has 0 unspecified atom stereocenters. The average Bonchev–Trinajstić information content (AvgIpc) is 3.14. The van der Waals surface area contributed by atoms with E-state index in [9.17, 15) is 19.7 Å². The fourth-order valence-electron chi connectivity index (χ4n) is 2.12. The van der Waals surface area contributed by atoms with Crippen molar-refractivity contribution in [2.75, 3.05) is 26.9 Å². The fraction of sp³-hybridized carbons (Fsp3) is 0.294. The van der Waals surface area contributed by atoms with E-state index in [4.69, 9.17) is 9.47 Å². The van der Waals surface area contributed by atoms with Crippen LogP contribution in [0, 0.1) is 10.1 Å². The van der Waals surface area contributed by atoms with Gasteiger partial charge in [-0.15, -0.1) is 0 Å². The number of nitrogens with zero attached hydrogens (tertiary/aromatic N) is 2. The van der Waals surface area contributed by atoms with E-state index >= 15 is 0 Å². The van der Waals surface area contributed by atoms with E-state index < -0.39 is 17.5 Å². The molecule has 0 fully saturated rings. The van der Waals surface area contributed by atoms with Gasteiger partial charge in [0.1, 0.15) is 4.88 Å². The highest BCUT2D eigenvalue weighted by atomic mass is 32.1. The summed E-state index contributed by atoms with van der Waals surface area (Å²) in [6.07, 6.45) is 0. The van der Waals surface area contributed by atoms with Crippen LogP contribution in [0.25, 0.3) is 0 Å². The molecule has 0 spiro atoms. The Morgan fingerprint density at radius 3 is 2.54 bits per heavy atom. The van der Waals surface area contributed by atoms with Crippen LogP contribution in [0.2, 0.25) is 0 Å². The van der Waals surface area contributed by atoms with Gasteiger partial charge in [0, 0.05) is 26.3 Å². The number of ether oxygens (including phenoxy) is 2. The van der Waals surface area contributed by atoms with Crippen LogP contribution in [0.1, 0.15) is 15.2 Å². The normalized spacial score (nSPS) is 10.3. The molecule has 0 radical (unpaired) electrons. The zero-order chi connectivity index (χ0) is 18.9. The van der Waals surface area contributed by atoms with Crippen LogP contribution in [0.15, 0.2) is 42.5 Å². The van der Waals surface area contributed by atoms with E-state index in [1.807, 2.05) is 30.3 Å². The summed E-state index contributed by atoms with van der Waals surface area (Å²) in [5.41, 5.74) is 0.942. The zero-order valence-corrected chi connectivity index (χ0v) is 14.9. The van der Waals surface area contributed by atoms with Crippen molar-refractivity contribution in [3.05, 3.63) is 63.0 Å². The number of rotatable bonds is 9. The second kappa shape index (κ2) is 9.64. The third-order valence-corrected chi connectivity index (χ3v) is 4.45. The third-order valence-electron chi connectivity index (χ3n) is 3.43. The van der Waals surface area contributed by atoms with E-state index in [0.29, 0.717) is 31.0 Å². The van der Waals surface area contributed by atoms with Gasteiger partial charge >= 0.3 is 11.0 Å². The van der Waals surface area contributed by atoms with Crippen LogP contribution in [-0.2, 0) is 20.8 Å². The van der Waals surface area contributed by atoms with Gasteiger partial charge in [0.05, 0.1) is 11.5 Å². The quantitative estimate of drug-likeness (QED) is 0.378. The Labute approximate surface area is 154 Å². The predicted molar refractivity (Wildman–Crippen MR) is 95.0 cm³/mol. The third kappa shape index (κ3) is 5.64. The Balaban J connectivity index is 1.94. The Morgan fingerprint density at radius 2 is 1.92 bits per heavy atom. The maximum Gasteiger partial charge on any atom is 0.349 e. The summed E-state index contributed by atoms with van der Waals surface area (Å²) in [6, 6.07) is 11.9. The zero-order valence-electron chi connectivity index (χ0n) is 14.1. The van der Waals surface area contributed by atoms with Gasteiger partial charge in [-0.25, -0.2) is 4.79 Å². The van der Waals surface area contributed by atoms with Crippen LogP contribution in [0.5, 0.6) is 0 Å². The summed E-state index contributed by atoms with van der Waals surface area (Å²) in [4.78, 5) is 36.0. The summed E-state index contributed by atoms with van der Waals surface area (Å²) in [6.45, 7) is 0.627. The molecule has 2 rings (SSSR count). The smallest absolute Gasteiger partial charge is 0.349 e. The second-order valence-electron chi connectivity index (χ2n) is 5.26. The Kier molecular flexibility index (Phi) is 7.24. The Morgan fingerprint density at radius 1 is 1.19 bits per heavy atom. The Hall–Kier alpha value is -2.78. The fourth-order valence-corrected chi connectivity index (χ4v) is 2.84. The summed E-state index contributed by atoms with van der Waals surface area (Å²) >= 11 is 0.707. The van der Waals surface area contributed by atoms with Crippen molar-refractivity contribution in [2.45, 2.75) is 6.54 Å². The minimum atomic E-state index is -0.761. The largest absolute Gasteiger partial charge is 0.451 e. The molecule has 26 heavy (non-hydrogen) atoms. The minimum absolute atomic E-state index is 0.0796. The summed E-state index contributed by atoms with van der Waals surface area (Å²) in [5, 5.41) is 10.5. The molecule has 0 saturated heterocycles. The first-order chi connectivity index (χ1) is 12.5. The minimum Gasteiger partial charge on any atom is -0.451 e. The molecule has 9 heteroatoms. The molecule has 0 N–H and O–H groups in total. The number of nitro groups is 1. The van der Waals surface area contributed by atoms with Crippen LogP contribution < -0.4 is 0 Å². The lowest BCUT2D eigenvalue weighted by Gasteiger charge is -2.22. The number of benzene rings is 1. The van der Waals surface area contributed by atoms with Gasteiger partial charge in [-0.05, 0) is 11.6 Å². The van der Waals surface area contributed by atoms with Crippen LogP contribution in [-0.4, -0.2) is 48.6 Å². The lowest BCUT2D eigenvalue weighted by molar-refractivity contribution is -0.380. The van der Waals surface area contributed by atoms with E-state index in [2.05, 4.69) is 0 Å². The molecule has 0 atom stereocenters. The number of methoxy groups -OCH3 is 1. The molecule has 0 aliphatic rings. The average molecular weight is 378 g/mol. The SMILES string of the molecule is COCCN(Cc1ccccc1)C(=O)COC(=O)c1ccc([N+](=O)[O-])s1. The lowest BCUT2D eigenvalue weighted by atomic mass is 10.2. The Bertz CT molecular complexity index is 762. The maximum absolute atomic E-state index is 12.4. The molecule has 138 valence electrons. The molecular formula is C17H18N2O6S. The first kappa shape index (κ1) is 19.5. The van der Waals surface area contributed by atoms with Gasteiger partial charge in [-0.1, -0.05) is 41.7 Å². The molecular weight excluding hydrogens is 360 g/mol. The van der Waals surface area contributed by atoms with Gasteiger partial charge in [0.15, 0.2) is 6.61 Å². The van der Waals surface area contributed by atoms with E-state index in [1.165, 1.54) is 24.1 Å². The molecule has 2 aromatic rings. The van der Waals surface area contributed by atoms with Crippen molar-refractivity contribution in [1.82, 2.24) is 4.90 Å². The lowest BCUT2D eigenvalue weighted by Crippen LogP contribution is -2.36. The van der Waals surface area contributed by atoms with Crippen molar-refractivity contribution >= 4 is 28.2 Å². The number of carbonyl (C=O) groups excluding carboxylic acids is 2. The molecule has 0 aliphatic carbocycles. The number of carbonyl (C=O) groups is 2. The summed E-state index contributed by atoms with van der Waals surface area (Å²) in [7, 11) is 1.54. The van der Waals surface area contributed by atoms with Gasteiger partial charge in [0.25, 0.3) is 5.91 Å². The molecule has 0 bridgehead atoms. The maximum atomic E-state index is 12.4. The highest BCUT2D eigenvalue weighted by molar-refractivity contribution is 7.17. The van der Waals surface area contributed by atoms with Crippen molar-refractivity contribution < 1.29 is 24.0 Å². The van der Waals surface area contributed by atoms with Crippen molar-refractivity contribution in [3.8, 4) is 0 Å². The van der Waals surface area contributed by atoms with Crippen LogP contribution >= 0.6 is 11.3 Å². The van der Waals surface area contributed by atoms with E-state index in [0.717, 1.165) is 5.56 Å². The van der Waals surface area contributed by atoms with Crippen LogP contribution in [0.3, 0.4) is 0 Å². The highest BCUT2D eigenvalue weighted by Crippen LogP contribution is 2.24. The highest BCUT2D eigenvalue weighted by Gasteiger charge is 2.20. The number of hydrogen-bond donors (Lipinski definition) is 0. The van der Waals surface area contributed by atoms with Crippen molar-refractivity contribution in [2.24, 2.45) is 0 Å². The number of thiophene rings is 1. The van der Waals surface area contributed by atoms with Gasteiger partial charge in [-0.3, -0.25) is 14.9 Å². The van der Waals surface area contributed by atoms with Crippen molar-refractivity contribution in [3.63, 3.8) is 0 Å². The second-order valence-corrected chi connectivity index (χ2v) is 6.33. The first-order valence-corrected chi connectivity index (χ1v) is 8.55. The van der Waals surface area contributed by atoms with Gasteiger partial charge in [0.2, 0.25) is 0 Å². The molecule has 0 saturated carbocycles. The van der Waals surface area contributed by atoms with Gasteiger partial charge < -0.3 is 14.4 Å². The standard InChI is InChI=1S/C17H18N2O6S/c1-24-10-9-18(11-13-5-3-2-4-6-13)15(20)12-25-17(21)14-7-8-16(26-14)19(22)23/h2-8H,9-12H2,1H3. The van der Waals surface area contributed by atoms with E-state index in [-0.39, 0.29) is 15.8 Å². The number of esters is 1. The molecule has 1 aromatic carbocycles. The first-order valence-electron chi connectivity index (χ1n) is 7.73. The summed E-state index contributed by atoms with van der Waals surface area (Å²) < 4.78 is 10.0. The van der Waals surface area contributed by atoms with E-state index in [1.54, 1.807) is 0 Å². The molecule has 8 nitrogen and oxygen atoms in total. The summed E-state index contributed by atoms with van der Waals surface area (Å²) in [5.74, 6) is -1.13.